The number of nitrogens with one attached hydrogen (secondary N) is 2. The van der Waals surface area contributed by atoms with E-state index in [0.29, 0.717) is 11.3 Å². The number of fused-ring (bicyclic) bond motifs is 1. The van der Waals surface area contributed by atoms with E-state index in [0.717, 1.165) is 0 Å². The molecule has 0 fully saturated rings. The molecule has 126 valence electrons. The normalized spacial score (nSPS) is 15.6. The highest BCUT2D eigenvalue weighted by molar-refractivity contribution is 5.98. The minimum atomic E-state index is -0.919. The van der Waals surface area contributed by atoms with Crippen LogP contribution in [0.2, 0.25) is 0 Å². The molecule has 1 aromatic heterocycles. The molecule has 11 heteroatoms. The van der Waals surface area contributed by atoms with Crippen LogP contribution in [-0.4, -0.2) is 36.4 Å². The van der Waals surface area contributed by atoms with Gasteiger partial charge < -0.3 is 19.9 Å². The number of carbonyl (C=O) groups excluding carboxylic acids is 2. The molecule has 4 N–H and O–H groups in total. The second-order valence-electron chi connectivity index (χ2n) is 4.65. The van der Waals surface area contributed by atoms with Crippen molar-refractivity contribution in [3.8, 4) is 11.5 Å². The van der Waals surface area contributed by atoms with Gasteiger partial charge in [-0.1, -0.05) is 0 Å². The Hall–Kier alpha value is -3.34. The molecule has 0 unspecified atom stereocenters. The van der Waals surface area contributed by atoms with Crippen LogP contribution in [0.1, 0.15) is 32.6 Å². The van der Waals surface area contributed by atoms with E-state index in [-0.39, 0.29) is 22.8 Å². The molecule has 0 saturated carbocycles. The van der Waals surface area contributed by atoms with Gasteiger partial charge in [-0.3, -0.25) is 10.2 Å². The highest BCUT2D eigenvalue weighted by Crippen LogP contribution is 2.40. The van der Waals surface area contributed by atoms with Gasteiger partial charge in [0.05, 0.1) is 14.2 Å². The number of aromatic nitrogens is 2. The second-order valence-corrected chi connectivity index (χ2v) is 4.65. The zero-order chi connectivity index (χ0) is 17.3. The minimum Gasteiger partial charge on any atom is -0.493 e. The average Bonchev–Trinajstić information content (AvgIpc) is 3.15. The van der Waals surface area contributed by atoms with Crippen LogP contribution in [0.4, 0.5) is 5.82 Å². The first-order chi connectivity index (χ1) is 11.6. The molecule has 1 aromatic carbocycles. The lowest BCUT2D eigenvalue weighted by molar-refractivity contribution is 0.0259. The number of esters is 1. The number of nitrogens with two attached hydrogens (primary N) is 1. The summed E-state index contributed by atoms with van der Waals surface area (Å²) in [6, 6.07) is 3.24. The molecule has 0 spiro atoms. The molecular weight excluding hydrogens is 322 g/mol. The summed E-state index contributed by atoms with van der Waals surface area (Å²) >= 11 is 0. The molecule has 0 bridgehead atoms. The van der Waals surface area contributed by atoms with Crippen molar-refractivity contribution in [3.05, 3.63) is 29.0 Å². The van der Waals surface area contributed by atoms with E-state index < -0.39 is 18.1 Å². The standard InChI is InChI=1S/C13H13N5O6/c1-21-6-4-3-5-7(9(6)22-2)13(20)23-12(5)16-15-11(19)8-10(14)18-24-17-8/h3-4,12,16H,1-2H3,(H2,14,18)(H,15,19)/t12-/m1/s1. The molecule has 1 aliphatic rings. The molecule has 3 rings (SSSR count). The first-order valence-corrected chi connectivity index (χ1v) is 6.66. The number of amides is 1. The summed E-state index contributed by atoms with van der Waals surface area (Å²) in [4.78, 5) is 24.0. The lowest BCUT2D eigenvalue weighted by atomic mass is 10.1. The van der Waals surface area contributed by atoms with Crippen molar-refractivity contribution in [1.29, 1.82) is 0 Å². The Morgan fingerprint density at radius 1 is 1.29 bits per heavy atom. The number of cyclic esters (lactones) is 1. The zero-order valence-electron chi connectivity index (χ0n) is 12.7. The van der Waals surface area contributed by atoms with Gasteiger partial charge in [-0.15, -0.1) is 0 Å². The number of nitrogens with zero attached hydrogens (tertiary/aromatic N) is 2. The zero-order valence-corrected chi connectivity index (χ0v) is 12.7. The fourth-order valence-corrected chi connectivity index (χ4v) is 2.25. The number of ether oxygens (including phenoxy) is 3. The molecule has 11 nitrogen and oxygen atoms in total. The summed E-state index contributed by atoms with van der Waals surface area (Å²) in [6.45, 7) is 0. The Bertz CT molecular complexity index is 804. The van der Waals surface area contributed by atoms with E-state index in [2.05, 4.69) is 25.8 Å². The van der Waals surface area contributed by atoms with Crippen molar-refractivity contribution in [2.45, 2.75) is 6.23 Å². The molecule has 0 radical (unpaired) electrons. The molecule has 2 heterocycles. The summed E-state index contributed by atoms with van der Waals surface area (Å²) < 4.78 is 19.9. The number of carbonyl (C=O) groups is 2. The minimum absolute atomic E-state index is 0.162. The van der Waals surface area contributed by atoms with Crippen LogP contribution in [0, 0.1) is 0 Å². The van der Waals surface area contributed by atoms with Gasteiger partial charge in [0.2, 0.25) is 11.5 Å². The van der Waals surface area contributed by atoms with Crippen molar-refractivity contribution in [2.24, 2.45) is 0 Å². The van der Waals surface area contributed by atoms with Crippen molar-refractivity contribution in [1.82, 2.24) is 21.2 Å². The summed E-state index contributed by atoms with van der Waals surface area (Å²) in [5, 5.41) is 6.66. The summed E-state index contributed by atoms with van der Waals surface area (Å²) in [7, 11) is 2.87. The maximum Gasteiger partial charge on any atom is 0.344 e. The topological polar surface area (TPSA) is 151 Å². The summed E-state index contributed by atoms with van der Waals surface area (Å²) in [5.41, 5.74) is 10.8. The van der Waals surface area contributed by atoms with Crippen LogP contribution in [0.5, 0.6) is 11.5 Å². The smallest absolute Gasteiger partial charge is 0.344 e. The lowest BCUT2D eigenvalue weighted by Crippen LogP contribution is -2.40. The number of anilines is 1. The average molecular weight is 335 g/mol. The van der Waals surface area contributed by atoms with E-state index in [4.69, 9.17) is 19.9 Å². The van der Waals surface area contributed by atoms with E-state index >= 15 is 0 Å². The van der Waals surface area contributed by atoms with Gasteiger partial charge in [-0.2, -0.15) is 5.43 Å². The van der Waals surface area contributed by atoms with Crippen molar-refractivity contribution >= 4 is 17.7 Å². The Morgan fingerprint density at radius 3 is 2.71 bits per heavy atom. The third-order valence-electron chi connectivity index (χ3n) is 3.34. The van der Waals surface area contributed by atoms with Crippen LogP contribution < -0.4 is 26.1 Å². The molecule has 24 heavy (non-hydrogen) atoms. The SMILES string of the molecule is COc1ccc2c(c1OC)C(=O)O[C@H]2NNC(=O)c1nonc1N. The predicted octanol–water partition coefficient (Wildman–Crippen LogP) is -0.227. The van der Waals surface area contributed by atoms with Crippen LogP contribution in [0.3, 0.4) is 0 Å². The molecule has 0 aliphatic carbocycles. The fourth-order valence-electron chi connectivity index (χ4n) is 2.25. The number of hydrazine groups is 1. The van der Waals surface area contributed by atoms with Crippen LogP contribution in [0.15, 0.2) is 16.8 Å². The Balaban J connectivity index is 1.80. The monoisotopic (exact) mass is 335 g/mol. The van der Waals surface area contributed by atoms with E-state index in [1.807, 2.05) is 0 Å². The molecule has 1 amide bonds. The first-order valence-electron chi connectivity index (χ1n) is 6.66. The highest BCUT2D eigenvalue weighted by atomic mass is 16.6. The Kier molecular flexibility index (Phi) is 3.92. The van der Waals surface area contributed by atoms with Crippen molar-refractivity contribution in [2.75, 3.05) is 20.0 Å². The third kappa shape index (κ3) is 2.46. The molecule has 1 aliphatic heterocycles. The number of hydrogen-bond acceptors (Lipinski definition) is 10. The fraction of sp³-hybridized carbons (Fsp3) is 0.231. The van der Waals surface area contributed by atoms with Gasteiger partial charge >= 0.3 is 5.97 Å². The first kappa shape index (κ1) is 15.6. The van der Waals surface area contributed by atoms with Gasteiger partial charge in [-0.05, 0) is 22.4 Å². The highest BCUT2D eigenvalue weighted by Gasteiger charge is 2.36. The summed E-state index contributed by atoms with van der Waals surface area (Å²) in [6.07, 6.45) is -0.919. The van der Waals surface area contributed by atoms with Crippen molar-refractivity contribution < 1.29 is 28.4 Å². The lowest BCUT2D eigenvalue weighted by Gasteiger charge is -2.14. The van der Waals surface area contributed by atoms with Gasteiger partial charge in [0.1, 0.15) is 5.56 Å². The molecule has 0 saturated heterocycles. The second kappa shape index (κ2) is 6.04. The van der Waals surface area contributed by atoms with Crippen LogP contribution in [0.25, 0.3) is 0 Å². The number of rotatable bonds is 5. The van der Waals surface area contributed by atoms with Gasteiger partial charge in [0.25, 0.3) is 5.91 Å². The number of benzene rings is 1. The summed E-state index contributed by atoms with van der Waals surface area (Å²) in [5.74, 6) is -0.835. The molecule has 2 aromatic rings. The van der Waals surface area contributed by atoms with Crippen LogP contribution >= 0.6 is 0 Å². The largest absolute Gasteiger partial charge is 0.493 e. The predicted molar refractivity (Wildman–Crippen MR) is 77.0 cm³/mol. The Morgan fingerprint density at radius 2 is 2.08 bits per heavy atom. The van der Waals surface area contributed by atoms with Gasteiger partial charge in [0.15, 0.2) is 17.7 Å². The number of nitrogen functional groups attached to an aromatic ring is 1. The number of hydrogen-bond donors (Lipinski definition) is 3. The van der Waals surface area contributed by atoms with Gasteiger partial charge in [0, 0.05) is 5.56 Å². The van der Waals surface area contributed by atoms with Crippen molar-refractivity contribution in [3.63, 3.8) is 0 Å². The molecule has 1 atom stereocenters. The van der Waals surface area contributed by atoms with E-state index in [1.54, 1.807) is 12.1 Å². The number of methoxy groups -OCH3 is 2. The molecular formula is C13H13N5O6. The van der Waals surface area contributed by atoms with Crippen LogP contribution in [-0.2, 0) is 4.74 Å². The third-order valence-corrected chi connectivity index (χ3v) is 3.34. The van der Waals surface area contributed by atoms with E-state index in [1.165, 1.54) is 14.2 Å². The Labute approximate surface area is 135 Å². The van der Waals surface area contributed by atoms with E-state index in [9.17, 15) is 9.59 Å². The maximum absolute atomic E-state index is 12.1. The maximum atomic E-state index is 12.1. The quantitative estimate of drug-likeness (QED) is 0.493. The van der Waals surface area contributed by atoms with Gasteiger partial charge in [-0.25, -0.2) is 9.42 Å².